The summed E-state index contributed by atoms with van der Waals surface area (Å²) in [6.45, 7) is 5.61. The Morgan fingerprint density at radius 2 is 1.94 bits per heavy atom. The molecule has 0 aliphatic carbocycles. The number of imidazole rings is 1. The first-order chi connectivity index (χ1) is 15.4. The van der Waals surface area contributed by atoms with E-state index < -0.39 is 0 Å². The molecule has 0 saturated carbocycles. The van der Waals surface area contributed by atoms with Gasteiger partial charge in [-0.1, -0.05) is 12.1 Å². The maximum atomic E-state index is 13.4. The number of rotatable bonds is 7. The van der Waals surface area contributed by atoms with Crippen LogP contribution in [0.25, 0.3) is 10.9 Å². The Morgan fingerprint density at radius 1 is 1.16 bits per heavy atom. The Bertz CT molecular complexity index is 1230. The van der Waals surface area contributed by atoms with Crippen molar-refractivity contribution in [2.24, 2.45) is 7.05 Å². The van der Waals surface area contributed by atoms with Crippen molar-refractivity contribution in [3.8, 4) is 0 Å². The van der Waals surface area contributed by atoms with Gasteiger partial charge in [-0.25, -0.2) is 14.2 Å². The highest BCUT2D eigenvalue weighted by atomic mass is 19.1. The Hall–Kier alpha value is -3.68. The maximum Gasteiger partial charge on any atom is 0.322 e. The van der Waals surface area contributed by atoms with Gasteiger partial charge < -0.3 is 9.88 Å². The summed E-state index contributed by atoms with van der Waals surface area (Å²) < 4.78 is 17.3. The first kappa shape index (κ1) is 21.5. The Labute approximate surface area is 186 Å². The van der Waals surface area contributed by atoms with Crippen molar-refractivity contribution in [3.05, 3.63) is 77.8 Å². The molecule has 2 aromatic carbocycles. The summed E-state index contributed by atoms with van der Waals surface area (Å²) in [4.78, 5) is 19.0. The third-order valence-electron chi connectivity index (χ3n) is 5.60. The van der Waals surface area contributed by atoms with E-state index in [0.717, 1.165) is 46.5 Å². The smallest absolute Gasteiger partial charge is 0.322 e. The summed E-state index contributed by atoms with van der Waals surface area (Å²) >= 11 is 0. The van der Waals surface area contributed by atoms with Crippen LogP contribution in [0.15, 0.2) is 55.0 Å². The Balaban J connectivity index is 1.53. The summed E-state index contributed by atoms with van der Waals surface area (Å²) in [5.41, 5.74) is 4.61. The number of anilines is 1. The normalized spacial score (nSPS) is 11.1. The molecule has 4 aromatic rings. The van der Waals surface area contributed by atoms with Gasteiger partial charge in [0.05, 0.1) is 24.1 Å². The first-order valence-corrected chi connectivity index (χ1v) is 10.6. The Kier molecular flexibility index (Phi) is 6.20. The maximum absolute atomic E-state index is 13.4. The minimum Gasteiger partial charge on any atom is -0.338 e. The molecule has 0 bridgehead atoms. The summed E-state index contributed by atoms with van der Waals surface area (Å²) in [6, 6.07) is 11.9. The molecule has 1 N–H and O–H groups in total. The van der Waals surface area contributed by atoms with Crippen LogP contribution in [0.1, 0.15) is 23.4 Å². The van der Waals surface area contributed by atoms with E-state index in [1.807, 2.05) is 50.0 Å². The van der Waals surface area contributed by atoms with E-state index in [-0.39, 0.29) is 11.8 Å². The molecule has 0 radical (unpaired) electrons. The van der Waals surface area contributed by atoms with Crippen LogP contribution in [0.5, 0.6) is 0 Å². The van der Waals surface area contributed by atoms with Crippen molar-refractivity contribution in [1.29, 1.82) is 0 Å². The van der Waals surface area contributed by atoms with Crippen LogP contribution in [0.2, 0.25) is 0 Å². The number of carbonyl (C=O) groups excluding carboxylic acids is 1. The van der Waals surface area contributed by atoms with Crippen LogP contribution in [0.3, 0.4) is 0 Å². The number of halogens is 1. The molecule has 0 aliphatic rings. The van der Waals surface area contributed by atoms with E-state index in [9.17, 15) is 9.18 Å². The fourth-order valence-corrected chi connectivity index (χ4v) is 3.81. The van der Waals surface area contributed by atoms with Crippen molar-refractivity contribution in [2.75, 3.05) is 11.4 Å². The number of hydrogen-bond donors (Lipinski definition) is 1. The van der Waals surface area contributed by atoms with Gasteiger partial charge in [0.15, 0.2) is 0 Å². The average molecular weight is 435 g/mol. The molecular weight excluding hydrogens is 407 g/mol. The lowest BCUT2D eigenvalue weighted by atomic mass is 10.1. The number of amides is 2. The quantitative estimate of drug-likeness (QED) is 0.440. The van der Waals surface area contributed by atoms with E-state index in [1.165, 1.54) is 12.1 Å². The monoisotopic (exact) mass is 434 g/mol. The van der Waals surface area contributed by atoms with E-state index in [4.69, 9.17) is 0 Å². The highest BCUT2D eigenvalue weighted by Gasteiger charge is 2.18. The molecule has 0 unspecified atom stereocenters. The van der Waals surface area contributed by atoms with Gasteiger partial charge in [-0.3, -0.25) is 9.58 Å². The average Bonchev–Trinajstić information content (AvgIpc) is 3.32. The molecule has 0 atom stereocenters. The molecule has 8 heteroatoms. The first-order valence-electron chi connectivity index (χ1n) is 10.6. The highest BCUT2D eigenvalue weighted by molar-refractivity contribution is 5.95. The summed E-state index contributed by atoms with van der Waals surface area (Å²) in [5, 5.41) is 8.49. The van der Waals surface area contributed by atoms with Gasteiger partial charge in [0.1, 0.15) is 5.82 Å². The van der Waals surface area contributed by atoms with E-state index in [1.54, 1.807) is 23.4 Å². The number of hydrogen-bond acceptors (Lipinski definition) is 3. The minimum atomic E-state index is -0.299. The second kappa shape index (κ2) is 9.21. The SMILES string of the molecule is Cc1nn(C)c2ccc(N(Cc3ccc(F)cc3)C(=O)NCCCn3cncc3C)cc12. The number of aryl methyl sites for hydroxylation is 4. The lowest BCUT2D eigenvalue weighted by molar-refractivity contribution is 0.245. The standard InChI is InChI=1S/C24H27FN6O/c1-17-14-26-16-30(17)12-4-11-27-24(32)31(15-19-5-7-20(25)8-6-19)21-9-10-23-22(13-21)18(2)28-29(23)3/h5-10,13-14,16H,4,11-12,15H2,1-3H3,(H,27,32). The molecular formula is C24H27FN6O. The molecule has 0 spiro atoms. The third kappa shape index (κ3) is 4.64. The van der Waals surface area contributed by atoms with Crippen LogP contribution in [0.4, 0.5) is 14.9 Å². The lowest BCUT2D eigenvalue weighted by Gasteiger charge is -2.24. The molecule has 166 valence electrons. The van der Waals surface area contributed by atoms with Gasteiger partial charge in [-0.05, 0) is 56.2 Å². The fraction of sp³-hybridized carbons (Fsp3) is 0.292. The molecule has 2 heterocycles. The summed E-state index contributed by atoms with van der Waals surface area (Å²) in [5.74, 6) is -0.299. The van der Waals surface area contributed by atoms with Crippen LogP contribution < -0.4 is 10.2 Å². The molecule has 4 rings (SSSR count). The van der Waals surface area contributed by atoms with Gasteiger partial charge in [-0.15, -0.1) is 0 Å². The van der Waals surface area contributed by atoms with Crippen molar-refractivity contribution in [1.82, 2.24) is 24.6 Å². The highest BCUT2D eigenvalue weighted by Crippen LogP contribution is 2.26. The zero-order chi connectivity index (χ0) is 22.7. The number of fused-ring (bicyclic) bond motifs is 1. The number of nitrogens with one attached hydrogen (secondary N) is 1. The van der Waals surface area contributed by atoms with Crippen LogP contribution >= 0.6 is 0 Å². The van der Waals surface area contributed by atoms with Gasteiger partial charge >= 0.3 is 6.03 Å². The molecule has 2 amide bonds. The molecule has 32 heavy (non-hydrogen) atoms. The van der Waals surface area contributed by atoms with E-state index in [2.05, 4.69) is 20.0 Å². The zero-order valence-electron chi connectivity index (χ0n) is 18.5. The number of urea groups is 1. The van der Waals surface area contributed by atoms with Gasteiger partial charge in [0.25, 0.3) is 0 Å². The van der Waals surface area contributed by atoms with E-state index in [0.29, 0.717) is 13.1 Å². The second-order valence-corrected chi connectivity index (χ2v) is 7.94. The van der Waals surface area contributed by atoms with Gasteiger partial charge in [0.2, 0.25) is 0 Å². The second-order valence-electron chi connectivity index (χ2n) is 7.94. The summed E-state index contributed by atoms with van der Waals surface area (Å²) in [7, 11) is 1.90. The Morgan fingerprint density at radius 3 is 2.66 bits per heavy atom. The number of carbonyl (C=O) groups is 1. The van der Waals surface area contributed by atoms with Gasteiger partial charge in [0, 0.05) is 43.1 Å². The van der Waals surface area contributed by atoms with Crippen molar-refractivity contribution < 1.29 is 9.18 Å². The predicted molar refractivity (Wildman–Crippen MR) is 123 cm³/mol. The molecule has 0 fully saturated rings. The largest absolute Gasteiger partial charge is 0.338 e. The van der Waals surface area contributed by atoms with Crippen LogP contribution in [0, 0.1) is 19.7 Å². The molecule has 7 nitrogen and oxygen atoms in total. The third-order valence-corrected chi connectivity index (χ3v) is 5.60. The molecule has 0 aliphatic heterocycles. The number of nitrogens with zero attached hydrogens (tertiary/aromatic N) is 5. The molecule has 2 aromatic heterocycles. The van der Waals surface area contributed by atoms with Crippen LogP contribution in [-0.4, -0.2) is 31.9 Å². The van der Waals surface area contributed by atoms with E-state index >= 15 is 0 Å². The topological polar surface area (TPSA) is 68.0 Å². The summed E-state index contributed by atoms with van der Waals surface area (Å²) in [6.07, 6.45) is 4.40. The zero-order valence-corrected chi connectivity index (χ0v) is 18.5. The van der Waals surface area contributed by atoms with Crippen molar-refractivity contribution >= 4 is 22.6 Å². The van der Waals surface area contributed by atoms with Crippen molar-refractivity contribution in [3.63, 3.8) is 0 Å². The van der Waals surface area contributed by atoms with Gasteiger partial charge in [-0.2, -0.15) is 5.10 Å². The minimum absolute atomic E-state index is 0.197. The lowest BCUT2D eigenvalue weighted by Crippen LogP contribution is -2.40. The van der Waals surface area contributed by atoms with Crippen LogP contribution in [-0.2, 0) is 20.1 Å². The van der Waals surface area contributed by atoms with Crippen molar-refractivity contribution in [2.45, 2.75) is 33.4 Å². The number of benzene rings is 2. The number of aromatic nitrogens is 4. The predicted octanol–water partition coefficient (Wildman–Crippen LogP) is 4.33. The molecule has 0 saturated heterocycles. The fourth-order valence-electron chi connectivity index (χ4n) is 3.81.